The van der Waals surface area contributed by atoms with Gasteiger partial charge in [0.2, 0.25) is 0 Å². The van der Waals surface area contributed by atoms with Crippen molar-refractivity contribution < 1.29 is 12.8 Å². The summed E-state index contributed by atoms with van der Waals surface area (Å²) in [7, 11) is -3.43. The molecule has 16 heavy (non-hydrogen) atoms. The molecule has 0 bridgehead atoms. The Kier molecular flexibility index (Phi) is 2.99. The van der Waals surface area contributed by atoms with Crippen LogP contribution in [0.15, 0.2) is 23.1 Å². The van der Waals surface area contributed by atoms with Gasteiger partial charge in [-0.25, -0.2) is 12.8 Å². The largest absolute Gasteiger partial charge is 0.330 e. The third-order valence-electron chi connectivity index (χ3n) is 2.70. The van der Waals surface area contributed by atoms with Gasteiger partial charge >= 0.3 is 0 Å². The van der Waals surface area contributed by atoms with Gasteiger partial charge in [-0.05, 0) is 43.5 Å². The maximum absolute atomic E-state index is 13.6. The molecule has 1 aromatic carbocycles. The maximum Gasteiger partial charge on any atom is 0.184 e. The molecule has 3 nitrogen and oxygen atoms in total. The van der Waals surface area contributed by atoms with Crippen LogP contribution in [0.5, 0.6) is 0 Å². The SMILES string of the molecule is NCCc1ccc(S(=O)(=O)C2CC2)c(F)c1. The first kappa shape index (κ1) is 11.5. The lowest BCUT2D eigenvalue weighted by Gasteiger charge is -2.06. The van der Waals surface area contributed by atoms with Crippen molar-refractivity contribution in [3.8, 4) is 0 Å². The molecule has 5 heteroatoms. The van der Waals surface area contributed by atoms with Crippen LogP contribution in [0.4, 0.5) is 4.39 Å². The van der Waals surface area contributed by atoms with Gasteiger partial charge < -0.3 is 5.73 Å². The minimum atomic E-state index is -3.43. The van der Waals surface area contributed by atoms with E-state index in [4.69, 9.17) is 5.73 Å². The molecular formula is C11H14FNO2S. The molecule has 0 atom stereocenters. The fraction of sp³-hybridized carbons (Fsp3) is 0.455. The molecule has 1 aliphatic carbocycles. The maximum atomic E-state index is 13.6. The topological polar surface area (TPSA) is 60.2 Å². The van der Waals surface area contributed by atoms with E-state index < -0.39 is 15.7 Å². The zero-order valence-corrected chi connectivity index (χ0v) is 9.63. The second-order valence-corrected chi connectivity index (χ2v) is 6.24. The van der Waals surface area contributed by atoms with Gasteiger partial charge in [0.25, 0.3) is 0 Å². The van der Waals surface area contributed by atoms with Gasteiger partial charge in [-0.15, -0.1) is 0 Å². The summed E-state index contributed by atoms with van der Waals surface area (Å²) in [6.45, 7) is 0.425. The number of nitrogens with two attached hydrogens (primary N) is 1. The summed E-state index contributed by atoms with van der Waals surface area (Å²) in [4.78, 5) is -0.171. The molecule has 1 aliphatic rings. The van der Waals surface area contributed by atoms with Crippen LogP contribution in [0, 0.1) is 5.82 Å². The number of benzene rings is 1. The highest BCUT2D eigenvalue weighted by Crippen LogP contribution is 2.34. The molecule has 0 radical (unpaired) electrons. The molecule has 0 aliphatic heterocycles. The summed E-state index contributed by atoms with van der Waals surface area (Å²) in [6.07, 6.45) is 1.85. The number of hydrogen-bond acceptors (Lipinski definition) is 3. The third-order valence-corrected chi connectivity index (χ3v) is 4.99. The Bertz CT molecular complexity index is 495. The number of sulfone groups is 1. The van der Waals surface area contributed by atoms with Crippen LogP contribution in [0.1, 0.15) is 18.4 Å². The average molecular weight is 243 g/mol. The zero-order valence-electron chi connectivity index (χ0n) is 8.82. The molecule has 0 saturated heterocycles. The summed E-state index contributed by atoms with van der Waals surface area (Å²) < 4.78 is 37.3. The second-order valence-electron chi connectivity index (χ2n) is 4.05. The zero-order chi connectivity index (χ0) is 11.8. The predicted molar refractivity (Wildman–Crippen MR) is 59.4 cm³/mol. The van der Waals surface area contributed by atoms with Crippen molar-refractivity contribution in [2.45, 2.75) is 29.4 Å². The third kappa shape index (κ3) is 2.10. The normalized spacial score (nSPS) is 16.4. The van der Waals surface area contributed by atoms with E-state index in [1.54, 1.807) is 6.07 Å². The van der Waals surface area contributed by atoms with Gasteiger partial charge in [-0.3, -0.25) is 0 Å². The number of halogens is 1. The van der Waals surface area contributed by atoms with Gasteiger partial charge in [0.15, 0.2) is 9.84 Å². The number of rotatable bonds is 4. The molecule has 0 aromatic heterocycles. The van der Waals surface area contributed by atoms with Crippen molar-refractivity contribution in [2.24, 2.45) is 5.73 Å². The van der Waals surface area contributed by atoms with Gasteiger partial charge in [0.05, 0.1) is 5.25 Å². The lowest BCUT2D eigenvalue weighted by atomic mass is 10.1. The van der Waals surface area contributed by atoms with Crippen molar-refractivity contribution in [3.63, 3.8) is 0 Å². The van der Waals surface area contributed by atoms with Crippen molar-refractivity contribution >= 4 is 9.84 Å². The predicted octanol–water partition coefficient (Wildman–Crippen LogP) is 1.26. The van der Waals surface area contributed by atoms with Crippen molar-refractivity contribution in [1.82, 2.24) is 0 Å². The Balaban J connectivity index is 2.36. The molecule has 0 spiro atoms. The molecule has 0 heterocycles. The first-order valence-corrected chi connectivity index (χ1v) is 6.82. The Morgan fingerprint density at radius 3 is 2.56 bits per heavy atom. The summed E-state index contributed by atoms with van der Waals surface area (Å²) in [5.74, 6) is -0.655. The summed E-state index contributed by atoms with van der Waals surface area (Å²) in [5, 5.41) is -0.373. The van der Waals surface area contributed by atoms with E-state index in [1.807, 2.05) is 0 Å². The van der Waals surface area contributed by atoms with E-state index in [-0.39, 0.29) is 10.1 Å². The average Bonchev–Trinajstić information content (AvgIpc) is 3.00. The molecule has 0 amide bonds. The first-order valence-electron chi connectivity index (χ1n) is 5.28. The summed E-state index contributed by atoms with van der Waals surface area (Å²) in [6, 6.07) is 4.25. The van der Waals surface area contributed by atoms with Crippen LogP contribution < -0.4 is 5.73 Å². The van der Waals surface area contributed by atoms with Crippen LogP contribution in [-0.4, -0.2) is 20.2 Å². The minimum Gasteiger partial charge on any atom is -0.330 e. The molecule has 1 aromatic rings. The lowest BCUT2D eigenvalue weighted by molar-refractivity contribution is 0.565. The highest BCUT2D eigenvalue weighted by molar-refractivity contribution is 7.92. The van der Waals surface area contributed by atoms with Gasteiger partial charge in [-0.2, -0.15) is 0 Å². The molecule has 2 N–H and O–H groups in total. The van der Waals surface area contributed by atoms with Crippen LogP contribution >= 0.6 is 0 Å². The fourth-order valence-electron chi connectivity index (χ4n) is 1.66. The fourth-order valence-corrected chi connectivity index (χ4v) is 3.36. The summed E-state index contributed by atoms with van der Waals surface area (Å²) in [5.41, 5.74) is 6.08. The Morgan fingerprint density at radius 2 is 2.06 bits per heavy atom. The first-order chi connectivity index (χ1) is 7.55. The Morgan fingerprint density at radius 1 is 1.38 bits per heavy atom. The smallest absolute Gasteiger partial charge is 0.184 e. The van der Waals surface area contributed by atoms with Crippen LogP contribution in [0.3, 0.4) is 0 Å². The van der Waals surface area contributed by atoms with E-state index >= 15 is 0 Å². The summed E-state index contributed by atoms with van der Waals surface area (Å²) >= 11 is 0. The Hall–Kier alpha value is -0.940. The van der Waals surface area contributed by atoms with Crippen molar-refractivity contribution in [1.29, 1.82) is 0 Å². The van der Waals surface area contributed by atoms with E-state index in [0.29, 0.717) is 25.8 Å². The molecule has 0 unspecified atom stereocenters. The lowest BCUT2D eigenvalue weighted by Crippen LogP contribution is -2.10. The van der Waals surface area contributed by atoms with Gasteiger partial charge in [0, 0.05) is 0 Å². The van der Waals surface area contributed by atoms with Gasteiger partial charge in [-0.1, -0.05) is 6.07 Å². The van der Waals surface area contributed by atoms with Crippen LogP contribution in [0.25, 0.3) is 0 Å². The standard InChI is InChI=1S/C11H14FNO2S/c12-10-7-8(5-6-13)1-4-11(10)16(14,15)9-2-3-9/h1,4,7,9H,2-3,5-6,13H2. The van der Waals surface area contributed by atoms with E-state index in [1.165, 1.54) is 12.1 Å². The molecule has 88 valence electrons. The molecular weight excluding hydrogens is 229 g/mol. The van der Waals surface area contributed by atoms with E-state index in [2.05, 4.69) is 0 Å². The minimum absolute atomic E-state index is 0.171. The monoisotopic (exact) mass is 243 g/mol. The van der Waals surface area contributed by atoms with Gasteiger partial charge in [0.1, 0.15) is 10.7 Å². The number of hydrogen-bond donors (Lipinski definition) is 1. The quantitative estimate of drug-likeness (QED) is 0.866. The molecule has 1 saturated carbocycles. The van der Waals surface area contributed by atoms with E-state index in [0.717, 1.165) is 5.56 Å². The Labute approximate surface area is 94.4 Å². The molecule has 2 rings (SSSR count). The molecule has 1 fully saturated rings. The van der Waals surface area contributed by atoms with Crippen molar-refractivity contribution in [2.75, 3.05) is 6.54 Å². The highest BCUT2D eigenvalue weighted by Gasteiger charge is 2.38. The second kappa shape index (κ2) is 4.14. The van der Waals surface area contributed by atoms with Crippen LogP contribution in [-0.2, 0) is 16.3 Å². The van der Waals surface area contributed by atoms with Crippen LogP contribution in [0.2, 0.25) is 0 Å². The van der Waals surface area contributed by atoms with E-state index in [9.17, 15) is 12.8 Å². The van der Waals surface area contributed by atoms with Crippen molar-refractivity contribution in [3.05, 3.63) is 29.6 Å². The highest BCUT2D eigenvalue weighted by atomic mass is 32.2.